The summed E-state index contributed by atoms with van der Waals surface area (Å²) in [5.41, 5.74) is 1.61. The molecule has 0 saturated carbocycles. The maximum atomic E-state index is 11.0. The van der Waals surface area contributed by atoms with E-state index in [0.29, 0.717) is 12.3 Å². The summed E-state index contributed by atoms with van der Waals surface area (Å²) >= 11 is 0. The number of methoxy groups -OCH3 is 1. The van der Waals surface area contributed by atoms with Crippen molar-refractivity contribution in [3.05, 3.63) is 35.9 Å². The van der Waals surface area contributed by atoms with Crippen LogP contribution in [0.3, 0.4) is 0 Å². The van der Waals surface area contributed by atoms with Crippen LogP contribution in [0.2, 0.25) is 0 Å². The van der Waals surface area contributed by atoms with Crippen molar-refractivity contribution in [3.8, 4) is 5.75 Å². The molecule has 0 bridgehead atoms. The van der Waals surface area contributed by atoms with Gasteiger partial charge in [-0.2, -0.15) is 0 Å². The first-order chi connectivity index (χ1) is 9.15. The van der Waals surface area contributed by atoms with Crippen molar-refractivity contribution in [1.82, 2.24) is 5.32 Å². The molecule has 0 aliphatic rings. The van der Waals surface area contributed by atoms with Crippen molar-refractivity contribution in [2.24, 2.45) is 5.16 Å². The molecule has 0 aliphatic carbocycles. The molecule has 102 valence electrons. The topological polar surface area (TPSA) is 59.9 Å². The van der Waals surface area contributed by atoms with E-state index < -0.39 is 6.09 Å². The monoisotopic (exact) mass is 262 g/mol. The zero-order valence-electron chi connectivity index (χ0n) is 11.3. The van der Waals surface area contributed by atoms with E-state index in [1.165, 1.54) is 0 Å². The first-order valence-corrected chi connectivity index (χ1v) is 5.97. The van der Waals surface area contributed by atoms with Crippen molar-refractivity contribution in [2.75, 3.05) is 13.7 Å². The molecule has 1 aromatic carbocycles. The van der Waals surface area contributed by atoms with Crippen molar-refractivity contribution in [3.63, 3.8) is 0 Å². The lowest BCUT2D eigenvalue weighted by Gasteiger charge is -1.99. The van der Waals surface area contributed by atoms with Gasteiger partial charge in [0.05, 0.1) is 12.8 Å². The molecule has 0 aromatic heterocycles. The van der Waals surface area contributed by atoms with E-state index in [1.807, 2.05) is 30.3 Å². The molecule has 0 saturated heterocycles. The van der Waals surface area contributed by atoms with Crippen LogP contribution >= 0.6 is 0 Å². The molecule has 0 heterocycles. The predicted octanol–water partition coefficient (Wildman–Crippen LogP) is 2.83. The maximum absolute atomic E-state index is 11.0. The van der Waals surface area contributed by atoms with Crippen LogP contribution in [-0.2, 0) is 4.84 Å². The Morgan fingerprint density at radius 2 is 2.05 bits per heavy atom. The lowest BCUT2D eigenvalue weighted by molar-refractivity contribution is 0.151. The Labute approximate surface area is 112 Å². The summed E-state index contributed by atoms with van der Waals surface area (Å²) in [5.74, 6) is 0.808. The lowest BCUT2D eigenvalue weighted by atomic mass is 10.2. The second kappa shape index (κ2) is 7.92. The van der Waals surface area contributed by atoms with Gasteiger partial charge in [0.25, 0.3) is 0 Å². The first kappa shape index (κ1) is 14.8. The lowest BCUT2D eigenvalue weighted by Crippen LogP contribution is -2.22. The SMILES string of the molecule is CCNC(=O)O/N=C(C)\C=C\c1ccc(OC)cc1. The Morgan fingerprint density at radius 3 is 2.63 bits per heavy atom. The molecule has 0 aliphatic heterocycles. The van der Waals surface area contributed by atoms with Crippen LogP contribution in [0.25, 0.3) is 6.08 Å². The van der Waals surface area contributed by atoms with Gasteiger partial charge in [-0.25, -0.2) is 4.79 Å². The average molecular weight is 262 g/mol. The number of nitrogens with one attached hydrogen (secondary N) is 1. The summed E-state index contributed by atoms with van der Waals surface area (Å²) in [6.45, 7) is 4.07. The molecule has 0 atom stereocenters. The quantitative estimate of drug-likeness (QED) is 0.504. The van der Waals surface area contributed by atoms with Crippen molar-refractivity contribution >= 4 is 17.9 Å². The van der Waals surface area contributed by atoms with Crippen LogP contribution in [0.15, 0.2) is 35.5 Å². The molecule has 5 nitrogen and oxygen atoms in total. The highest BCUT2D eigenvalue weighted by atomic mass is 16.7. The largest absolute Gasteiger partial charge is 0.497 e. The van der Waals surface area contributed by atoms with Crippen LogP contribution in [0.4, 0.5) is 4.79 Å². The number of amides is 1. The number of benzene rings is 1. The summed E-state index contributed by atoms with van der Waals surface area (Å²) in [5, 5.41) is 6.17. The third kappa shape index (κ3) is 5.72. The highest BCUT2D eigenvalue weighted by Gasteiger charge is 1.97. The van der Waals surface area contributed by atoms with E-state index in [9.17, 15) is 4.79 Å². The average Bonchev–Trinajstić information content (AvgIpc) is 2.44. The first-order valence-electron chi connectivity index (χ1n) is 5.97. The van der Waals surface area contributed by atoms with E-state index in [-0.39, 0.29) is 0 Å². The fourth-order valence-electron chi connectivity index (χ4n) is 1.25. The molecule has 1 aromatic rings. The second-order valence-corrected chi connectivity index (χ2v) is 3.75. The normalized spacial score (nSPS) is 11.4. The van der Waals surface area contributed by atoms with Crippen LogP contribution in [0, 0.1) is 0 Å². The van der Waals surface area contributed by atoms with Gasteiger partial charge in [0.2, 0.25) is 0 Å². The fourth-order valence-corrected chi connectivity index (χ4v) is 1.25. The molecular weight excluding hydrogens is 244 g/mol. The molecule has 1 N–H and O–H groups in total. The summed E-state index contributed by atoms with van der Waals surface area (Å²) in [4.78, 5) is 15.6. The number of hydrogen-bond donors (Lipinski definition) is 1. The van der Waals surface area contributed by atoms with Crippen LogP contribution in [-0.4, -0.2) is 25.5 Å². The minimum atomic E-state index is -0.556. The molecule has 1 amide bonds. The molecule has 0 unspecified atom stereocenters. The minimum Gasteiger partial charge on any atom is -0.497 e. The molecule has 19 heavy (non-hydrogen) atoms. The van der Waals surface area contributed by atoms with Gasteiger partial charge in [-0.1, -0.05) is 23.4 Å². The summed E-state index contributed by atoms with van der Waals surface area (Å²) in [7, 11) is 1.63. The van der Waals surface area contributed by atoms with Gasteiger partial charge in [0, 0.05) is 6.54 Å². The van der Waals surface area contributed by atoms with Crippen LogP contribution < -0.4 is 10.1 Å². The highest BCUT2D eigenvalue weighted by Crippen LogP contribution is 2.12. The number of oxime groups is 1. The highest BCUT2D eigenvalue weighted by molar-refractivity contribution is 5.96. The zero-order valence-corrected chi connectivity index (χ0v) is 11.3. The smallest absolute Gasteiger partial charge is 0.433 e. The summed E-state index contributed by atoms with van der Waals surface area (Å²) < 4.78 is 5.07. The van der Waals surface area contributed by atoms with Crippen LogP contribution in [0.5, 0.6) is 5.75 Å². The van der Waals surface area contributed by atoms with Gasteiger partial charge in [-0.3, -0.25) is 4.84 Å². The Kier molecular flexibility index (Phi) is 6.15. The standard InChI is InChI=1S/C14H18N2O3/c1-4-15-14(17)19-16-11(2)5-6-12-7-9-13(18-3)10-8-12/h5-10H,4H2,1-3H3,(H,15,17)/b6-5+,16-11-. The Bertz CT molecular complexity index is 464. The van der Waals surface area contributed by atoms with Crippen molar-refractivity contribution < 1.29 is 14.4 Å². The predicted molar refractivity (Wildman–Crippen MR) is 75.3 cm³/mol. The third-order valence-electron chi connectivity index (χ3n) is 2.23. The molecule has 0 spiro atoms. The molecule has 0 fully saturated rings. The number of allylic oxidation sites excluding steroid dienone is 1. The molecule has 5 heteroatoms. The third-order valence-corrected chi connectivity index (χ3v) is 2.23. The number of rotatable bonds is 5. The van der Waals surface area contributed by atoms with E-state index >= 15 is 0 Å². The Hall–Kier alpha value is -2.30. The van der Waals surface area contributed by atoms with Gasteiger partial charge >= 0.3 is 6.09 Å². The maximum Gasteiger partial charge on any atom is 0.433 e. The number of hydrogen-bond acceptors (Lipinski definition) is 4. The number of nitrogens with zero attached hydrogens (tertiary/aromatic N) is 1. The van der Waals surface area contributed by atoms with Crippen molar-refractivity contribution in [2.45, 2.75) is 13.8 Å². The summed E-state index contributed by atoms with van der Waals surface area (Å²) in [6, 6.07) is 7.59. The number of carbonyl (C=O) groups is 1. The minimum absolute atomic E-state index is 0.509. The number of ether oxygens (including phenoxy) is 1. The van der Waals surface area contributed by atoms with E-state index in [0.717, 1.165) is 11.3 Å². The molecular formula is C14H18N2O3. The summed E-state index contributed by atoms with van der Waals surface area (Å²) in [6.07, 6.45) is 3.08. The Balaban J connectivity index is 2.54. The second-order valence-electron chi connectivity index (χ2n) is 3.75. The zero-order chi connectivity index (χ0) is 14.1. The fraction of sp³-hybridized carbons (Fsp3) is 0.286. The van der Waals surface area contributed by atoms with E-state index in [2.05, 4.69) is 15.3 Å². The van der Waals surface area contributed by atoms with Crippen molar-refractivity contribution in [1.29, 1.82) is 0 Å². The van der Waals surface area contributed by atoms with Crippen LogP contribution in [0.1, 0.15) is 19.4 Å². The van der Waals surface area contributed by atoms with Gasteiger partial charge in [-0.05, 0) is 37.6 Å². The Morgan fingerprint density at radius 1 is 1.37 bits per heavy atom. The van der Waals surface area contributed by atoms with Gasteiger partial charge in [0.15, 0.2) is 0 Å². The number of carbonyl (C=O) groups excluding carboxylic acids is 1. The molecule has 0 radical (unpaired) electrons. The van der Waals surface area contributed by atoms with Gasteiger partial charge in [0.1, 0.15) is 5.75 Å². The molecule has 1 rings (SSSR count). The van der Waals surface area contributed by atoms with E-state index in [1.54, 1.807) is 27.0 Å². The van der Waals surface area contributed by atoms with Gasteiger partial charge < -0.3 is 10.1 Å². The van der Waals surface area contributed by atoms with Gasteiger partial charge in [-0.15, -0.1) is 0 Å². The van der Waals surface area contributed by atoms with E-state index in [4.69, 9.17) is 4.74 Å².